The molecule has 2 aromatic carbocycles. The number of fused-ring (bicyclic) bond motifs is 1. The first-order chi connectivity index (χ1) is 15.0. The summed E-state index contributed by atoms with van der Waals surface area (Å²) in [4.78, 5) is 25.9. The molecule has 170 valence electrons. The summed E-state index contributed by atoms with van der Waals surface area (Å²) >= 11 is 2.06. The van der Waals surface area contributed by atoms with E-state index in [2.05, 4.69) is 32.0 Å². The minimum atomic E-state index is -3.65. The Kier molecular flexibility index (Phi) is 7.10. The topological polar surface area (TPSA) is 118 Å². The Morgan fingerprint density at radius 3 is 2.59 bits per heavy atom. The first-order valence-electron chi connectivity index (χ1n) is 9.46. The van der Waals surface area contributed by atoms with Crippen molar-refractivity contribution < 1.29 is 22.4 Å². The number of anilines is 1. The lowest BCUT2D eigenvalue weighted by Crippen LogP contribution is -2.26. The number of carbonyl (C=O) groups is 1. The van der Waals surface area contributed by atoms with Gasteiger partial charge in [0.05, 0.1) is 9.26 Å². The Bertz CT molecular complexity index is 1350. The van der Waals surface area contributed by atoms with Crippen LogP contribution in [0.2, 0.25) is 0 Å². The third-order valence-corrected chi connectivity index (χ3v) is 6.62. The molecule has 0 fully saturated rings. The van der Waals surface area contributed by atoms with Crippen molar-refractivity contribution in [3.8, 4) is 5.75 Å². The fourth-order valence-electron chi connectivity index (χ4n) is 3.01. The third-order valence-electron chi connectivity index (χ3n) is 4.73. The van der Waals surface area contributed by atoms with E-state index in [0.717, 1.165) is 16.5 Å². The highest BCUT2D eigenvalue weighted by molar-refractivity contribution is 14.1. The monoisotopic (exact) mass is 571 g/mol. The smallest absolute Gasteiger partial charge is 0.414 e. The van der Waals surface area contributed by atoms with Gasteiger partial charge in [-0.1, -0.05) is 12.1 Å². The lowest BCUT2D eigenvalue weighted by Gasteiger charge is -2.14. The highest BCUT2D eigenvalue weighted by Crippen LogP contribution is 2.30. The molecule has 0 aliphatic carbocycles. The summed E-state index contributed by atoms with van der Waals surface area (Å²) in [5, 5.41) is 0.723. The lowest BCUT2D eigenvalue weighted by atomic mass is 9.99. The van der Waals surface area contributed by atoms with Gasteiger partial charge in [-0.3, -0.25) is 4.72 Å². The zero-order valence-corrected chi connectivity index (χ0v) is 20.8. The van der Waals surface area contributed by atoms with Gasteiger partial charge in [-0.05, 0) is 58.8 Å². The van der Waals surface area contributed by atoms with Crippen molar-refractivity contribution in [1.82, 2.24) is 9.62 Å². The first kappa shape index (κ1) is 24.0. The molecule has 0 bridgehead atoms. The molecule has 3 aromatic rings. The standard InChI is InChI=1S/C21H22IN3O6S/c1-12-15-10-17(22)19(31-21(27)25(3)4)11-18(15)30-20(26)16(12)9-13-6-5-7-14(8-13)24-32(28,29)23-2/h5-8,10-11,23-24H,9H2,1-4H3. The molecule has 1 heterocycles. The Labute approximate surface area is 199 Å². The SMILES string of the molecule is CNS(=O)(=O)Nc1cccc(Cc2c(C)c3cc(I)c(OC(=O)N(C)C)cc3oc2=O)c1. The van der Waals surface area contributed by atoms with E-state index in [-0.39, 0.29) is 6.42 Å². The van der Waals surface area contributed by atoms with Crippen molar-refractivity contribution in [1.29, 1.82) is 0 Å². The maximum Gasteiger partial charge on any atom is 0.414 e. The Hall–Kier alpha value is -2.64. The third kappa shape index (κ3) is 5.40. The molecule has 0 saturated heterocycles. The van der Waals surface area contributed by atoms with Crippen LogP contribution in [-0.4, -0.2) is 40.6 Å². The molecule has 0 atom stereocenters. The van der Waals surface area contributed by atoms with Gasteiger partial charge in [-0.25, -0.2) is 14.3 Å². The molecule has 0 aliphatic rings. The number of nitrogens with one attached hydrogen (secondary N) is 2. The average molecular weight is 571 g/mol. The quantitative estimate of drug-likeness (QED) is 0.347. The summed E-state index contributed by atoms with van der Waals surface area (Å²) in [6, 6.07) is 10.1. The van der Waals surface area contributed by atoms with Crippen molar-refractivity contribution >= 4 is 55.6 Å². The molecule has 32 heavy (non-hydrogen) atoms. The van der Waals surface area contributed by atoms with Gasteiger partial charge in [0.15, 0.2) is 0 Å². The Morgan fingerprint density at radius 1 is 1.22 bits per heavy atom. The zero-order chi connectivity index (χ0) is 23.6. The molecule has 1 amide bonds. The molecule has 9 nitrogen and oxygen atoms in total. The normalized spacial score (nSPS) is 11.4. The van der Waals surface area contributed by atoms with E-state index in [4.69, 9.17) is 9.15 Å². The summed E-state index contributed by atoms with van der Waals surface area (Å²) in [7, 11) is 0.809. The van der Waals surface area contributed by atoms with Crippen molar-refractivity contribution in [2.75, 3.05) is 25.9 Å². The average Bonchev–Trinajstić information content (AvgIpc) is 2.72. The largest absolute Gasteiger partial charge is 0.422 e. The van der Waals surface area contributed by atoms with E-state index in [1.807, 2.05) is 6.92 Å². The van der Waals surface area contributed by atoms with Crippen LogP contribution in [0.4, 0.5) is 10.5 Å². The van der Waals surface area contributed by atoms with Crippen LogP contribution in [0.5, 0.6) is 5.75 Å². The summed E-state index contributed by atoms with van der Waals surface area (Å²) in [6.45, 7) is 1.82. The molecule has 2 N–H and O–H groups in total. The minimum absolute atomic E-state index is 0.257. The number of nitrogens with zero attached hydrogens (tertiary/aromatic N) is 1. The fourth-order valence-corrected chi connectivity index (χ4v) is 4.13. The number of rotatable bonds is 6. The highest BCUT2D eigenvalue weighted by Gasteiger charge is 2.17. The van der Waals surface area contributed by atoms with Crippen LogP contribution in [0.25, 0.3) is 11.0 Å². The summed E-state index contributed by atoms with van der Waals surface area (Å²) in [6.07, 6.45) is -0.278. The maximum atomic E-state index is 12.7. The van der Waals surface area contributed by atoms with Crippen LogP contribution < -0.4 is 19.8 Å². The van der Waals surface area contributed by atoms with E-state index in [9.17, 15) is 18.0 Å². The molecule has 0 saturated carbocycles. The molecule has 3 rings (SSSR count). The van der Waals surface area contributed by atoms with E-state index in [1.54, 1.807) is 44.4 Å². The zero-order valence-electron chi connectivity index (χ0n) is 17.9. The van der Waals surface area contributed by atoms with Crippen LogP contribution in [0.3, 0.4) is 0 Å². The van der Waals surface area contributed by atoms with Gasteiger partial charge < -0.3 is 14.1 Å². The van der Waals surface area contributed by atoms with Gasteiger partial charge >= 0.3 is 11.7 Å². The van der Waals surface area contributed by atoms with E-state index in [1.165, 1.54) is 18.0 Å². The van der Waals surface area contributed by atoms with Gasteiger partial charge in [-0.15, -0.1) is 0 Å². The molecular formula is C21H22IN3O6S. The van der Waals surface area contributed by atoms with Crippen molar-refractivity contribution in [3.63, 3.8) is 0 Å². The molecule has 0 unspecified atom stereocenters. The van der Waals surface area contributed by atoms with Gasteiger partial charge in [0.1, 0.15) is 11.3 Å². The van der Waals surface area contributed by atoms with Crippen LogP contribution in [-0.2, 0) is 16.6 Å². The number of halogens is 1. The van der Waals surface area contributed by atoms with E-state index in [0.29, 0.717) is 26.2 Å². The second kappa shape index (κ2) is 9.46. The number of ether oxygens (including phenoxy) is 1. The van der Waals surface area contributed by atoms with Gasteiger partial charge in [0.2, 0.25) is 0 Å². The number of carbonyl (C=O) groups excluding carboxylic acids is 1. The van der Waals surface area contributed by atoms with E-state index >= 15 is 0 Å². The molecule has 0 aliphatic heterocycles. The van der Waals surface area contributed by atoms with Crippen LogP contribution in [0, 0.1) is 10.5 Å². The van der Waals surface area contributed by atoms with Crippen LogP contribution in [0.15, 0.2) is 45.6 Å². The number of aryl methyl sites for hydroxylation is 1. The molecule has 0 radical (unpaired) electrons. The number of benzene rings is 2. The maximum absolute atomic E-state index is 12.7. The van der Waals surface area contributed by atoms with Crippen molar-refractivity contribution in [3.05, 3.63) is 67.1 Å². The first-order valence-corrected chi connectivity index (χ1v) is 12.0. The Morgan fingerprint density at radius 2 is 1.94 bits per heavy atom. The molecule has 11 heteroatoms. The van der Waals surface area contributed by atoms with Gasteiger partial charge in [0.25, 0.3) is 10.2 Å². The second-order valence-corrected chi connectivity index (χ2v) is 10.0. The number of hydrogen-bond acceptors (Lipinski definition) is 6. The number of amides is 1. The minimum Gasteiger partial charge on any atom is -0.422 e. The van der Waals surface area contributed by atoms with Gasteiger partial charge in [-0.2, -0.15) is 8.42 Å². The Balaban J connectivity index is 1.98. The van der Waals surface area contributed by atoms with Crippen LogP contribution in [0.1, 0.15) is 16.7 Å². The predicted molar refractivity (Wildman–Crippen MR) is 130 cm³/mol. The van der Waals surface area contributed by atoms with E-state index < -0.39 is 21.9 Å². The number of hydrogen-bond donors (Lipinski definition) is 2. The van der Waals surface area contributed by atoms with Crippen molar-refractivity contribution in [2.24, 2.45) is 0 Å². The molecule has 0 spiro atoms. The second-order valence-electron chi connectivity index (χ2n) is 7.22. The van der Waals surface area contributed by atoms with Crippen LogP contribution >= 0.6 is 22.6 Å². The molecular weight excluding hydrogens is 549 g/mol. The van der Waals surface area contributed by atoms with Crippen molar-refractivity contribution in [2.45, 2.75) is 13.3 Å². The van der Waals surface area contributed by atoms with Gasteiger partial charge in [0, 0.05) is 44.6 Å². The molecule has 1 aromatic heterocycles. The summed E-state index contributed by atoms with van der Waals surface area (Å²) in [5.74, 6) is 0.302. The summed E-state index contributed by atoms with van der Waals surface area (Å²) in [5.41, 5.74) is 2.11. The fraction of sp³-hybridized carbons (Fsp3) is 0.238. The summed E-state index contributed by atoms with van der Waals surface area (Å²) < 4.78 is 39.6. The lowest BCUT2D eigenvalue weighted by molar-refractivity contribution is 0.171. The highest BCUT2D eigenvalue weighted by atomic mass is 127. The predicted octanol–water partition coefficient (Wildman–Crippen LogP) is 3.23.